The number of nitrogens with one attached hydrogen (secondary N) is 4. The lowest BCUT2D eigenvalue weighted by molar-refractivity contribution is -0.151. The number of aliphatic hydroxyl groups excluding tert-OH is 2. The summed E-state index contributed by atoms with van der Waals surface area (Å²) in [5, 5.41) is 54.7. The number of nitrogens with two attached hydrogens (primary N) is 1. The average molecular weight is 1220 g/mol. The number of aliphatic hydroxyl groups is 4. The maximum Gasteiger partial charge on any atom is 0.410 e. The Kier molecular flexibility index (Phi) is 27.0. The molecule has 87 heavy (non-hydrogen) atoms. The number of cyclic esters (lactones) is 1. The minimum absolute atomic E-state index is 0.00767. The van der Waals surface area contributed by atoms with Gasteiger partial charge >= 0.3 is 24.2 Å². The number of nitrogens with zero attached hydrogens (tertiary/aromatic N) is 3. The number of urea groups is 1. The number of hydrogen-bond donors (Lipinski definition) is 9. The van der Waals surface area contributed by atoms with Crippen LogP contribution in [0.25, 0.3) is 0 Å². The molecule has 2 fully saturated rings. The van der Waals surface area contributed by atoms with Gasteiger partial charge in [0.1, 0.15) is 30.4 Å². The third kappa shape index (κ3) is 22.8. The van der Waals surface area contributed by atoms with Crippen LogP contribution in [-0.4, -0.2) is 188 Å². The molecular weight excluding hydrogens is 1130 g/mol. The summed E-state index contributed by atoms with van der Waals surface area (Å²) in [5.41, 5.74) is 3.87. The standard InChI is InChI=1S/C62H92N8O17/c1-9-46(72)41(6)55-47(85-55)36-61(7,82)27-13-15-39(4)54-40(5)18-23-48(62(8,83)28-26-44(71)35-52(76)87-54)86-60(81)69-33-31-68(32-34-69)59(80)84-37-42-19-21-43(22-20-42)65-56(77)45(16-14-29-64-58(63)79)66-57(78)53(38(2)3)67-49(73)17-11-10-12-30-70-50(74)24-25-51(70)75/h13,15,18-25,27,38,40-41,44-48,53-55,71-72,82-83H,9-12,14,16-17,26,28-37H2,1-8H3,(H,65,77)(H,66,78)(H,67,73)(H3,63,64,79)/b23-18+,27-13+,39-15+/t40-,41+,44+,45-,46-,47+,48-,53-,54+,55+,61?,62+/m0/s1. The van der Waals surface area contributed by atoms with E-state index in [0.717, 1.165) is 4.90 Å². The number of allylic oxidation sites excluding steroid dienone is 2. The summed E-state index contributed by atoms with van der Waals surface area (Å²) < 4.78 is 23.2. The highest BCUT2D eigenvalue weighted by molar-refractivity contribution is 6.12. The Hall–Kier alpha value is -7.19. The number of carbonyl (C=O) groups excluding carboxylic acids is 9. The van der Waals surface area contributed by atoms with Crippen LogP contribution in [0.15, 0.2) is 72.4 Å². The van der Waals surface area contributed by atoms with Crippen molar-refractivity contribution in [1.82, 2.24) is 30.7 Å². The van der Waals surface area contributed by atoms with Crippen molar-refractivity contribution in [3.05, 3.63) is 77.9 Å². The summed E-state index contributed by atoms with van der Waals surface area (Å²) in [6.07, 6.45) is 7.77. The molecule has 2 saturated heterocycles. The first-order valence-corrected chi connectivity index (χ1v) is 30.2. The Balaban J connectivity index is 1.11. The van der Waals surface area contributed by atoms with Crippen LogP contribution in [0.1, 0.15) is 132 Å². The van der Waals surface area contributed by atoms with Crippen molar-refractivity contribution in [1.29, 1.82) is 0 Å². The first kappa shape index (κ1) is 70.6. The van der Waals surface area contributed by atoms with Gasteiger partial charge in [0.25, 0.3) is 11.8 Å². The fourth-order valence-corrected chi connectivity index (χ4v) is 10.4. The fourth-order valence-electron chi connectivity index (χ4n) is 10.4. The number of benzene rings is 1. The summed E-state index contributed by atoms with van der Waals surface area (Å²) in [4.78, 5) is 119. The monoisotopic (exact) mass is 1220 g/mol. The molecule has 0 saturated carbocycles. The van der Waals surface area contributed by atoms with E-state index in [-0.39, 0.29) is 126 Å². The van der Waals surface area contributed by atoms with E-state index < -0.39 is 89.6 Å². The highest BCUT2D eigenvalue weighted by atomic mass is 16.6. The van der Waals surface area contributed by atoms with Gasteiger partial charge in [-0.25, -0.2) is 14.4 Å². The molecule has 0 bridgehead atoms. The van der Waals surface area contributed by atoms with Crippen molar-refractivity contribution in [2.45, 2.75) is 193 Å². The minimum Gasteiger partial charge on any atom is -0.457 e. The number of rotatable bonds is 27. The number of esters is 1. The van der Waals surface area contributed by atoms with Gasteiger partial charge in [-0.05, 0) is 101 Å². The number of anilines is 1. The predicted octanol–water partition coefficient (Wildman–Crippen LogP) is 4.16. The number of amides is 9. The van der Waals surface area contributed by atoms with Crippen LogP contribution < -0.4 is 27.0 Å². The largest absolute Gasteiger partial charge is 0.457 e. The van der Waals surface area contributed by atoms with E-state index in [9.17, 15) is 63.6 Å². The average Bonchev–Trinajstić information content (AvgIpc) is 1.86. The molecule has 0 spiro atoms. The van der Waals surface area contributed by atoms with E-state index in [4.69, 9.17) is 24.7 Å². The van der Waals surface area contributed by atoms with Crippen LogP contribution in [0, 0.1) is 17.8 Å². The summed E-state index contributed by atoms with van der Waals surface area (Å²) >= 11 is 0. The number of carbonyl (C=O) groups is 9. The third-order valence-electron chi connectivity index (χ3n) is 16.0. The molecule has 25 heteroatoms. The van der Waals surface area contributed by atoms with Gasteiger partial charge in [0.2, 0.25) is 17.7 Å². The summed E-state index contributed by atoms with van der Waals surface area (Å²) in [5.74, 6) is -3.88. The van der Waals surface area contributed by atoms with E-state index in [0.29, 0.717) is 48.9 Å². The Morgan fingerprint density at radius 2 is 1.57 bits per heavy atom. The second kappa shape index (κ2) is 33.2. The zero-order valence-corrected chi connectivity index (χ0v) is 51.4. The number of unbranched alkanes of at least 4 members (excludes halogenated alkanes) is 2. The van der Waals surface area contributed by atoms with Gasteiger partial charge < -0.3 is 76.2 Å². The van der Waals surface area contributed by atoms with Crippen LogP contribution in [0.3, 0.4) is 0 Å². The van der Waals surface area contributed by atoms with Gasteiger partial charge in [0.15, 0.2) is 6.10 Å². The molecule has 4 aliphatic rings. The van der Waals surface area contributed by atoms with Crippen LogP contribution in [0.5, 0.6) is 0 Å². The van der Waals surface area contributed by atoms with E-state index in [1.807, 2.05) is 13.8 Å². The molecule has 1 aromatic carbocycles. The van der Waals surface area contributed by atoms with Crippen LogP contribution in [0.4, 0.5) is 20.1 Å². The highest BCUT2D eigenvalue weighted by Crippen LogP contribution is 2.38. The molecule has 4 aliphatic heterocycles. The van der Waals surface area contributed by atoms with Gasteiger partial charge in [0, 0.05) is 81.8 Å². The lowest BCUT2D eigenvalue weighted by atomic mass is 9.88. The number of ether oxygens (including phenoxy) is 4. The molecule has 0 aliphatic carbocycles. The molecule has 1 aromatic rings. The van der Waals surface area contributed by atoms with Gasteiger partial charge in [-0.2, -0.15) is 0 Å². The number of epoxide rings is 1. The van der Waals surface area contributed by atoms with Crippen molar-refractivity contribution in [2.24, 2.45) is 23.5 Å². The molecular formula is C62H92N8O17. The molecule has 1 unspecified atom stereocenters. The summed E-state index contributed by atoms with van der Waals surface area (Å²) in [6.45, 7) is 14.6. The zero-order chi connectivity index (χ0) is 64.2. The first-order chi connectivity index (χ1) is 41.1. The maximum atomic E-state index is 13.7. The third-order valence-corrected chi connectivity index (χ3v) is 16.0. The van der Waals surface area contributed by atoms with Gasteiger partial charge in [0.05, 0.1) is 36.4 Å². The smallest absolute Gasteiger partial charge is 0.410 e. The molecule has 0 radical (unpaired) electrons. The van der Waals surface area contributed by atoms with Crippen LogP contribution >= 0.6 is 0 Å². The Bertz CT molecular complexity index is 2650. The van der Waals surface area contributed by atoms with Crippen molar-refractivity contribution in [2.75, 3.05) is 44.6 Å². The lowest BCUT2D eigenvalue weighted by Crippen LogP contribution is -2.54. The van der Waals surface area contributed by atoms with Crippen molar-refractivity contribution in [3.8, 4) is 0 Å². The van der Waals surface area contributed by atoms with Crippen molar-refractivity contribution >= 4 is 59.4 Å². The number of primary amides is 1. The Morgan fingerprint density at radius 1 is 0.920 bits per heavy atom. The topological polar surface area (TPSA) is 359 Å². The lowest BCUT2D eigenvalue weighted by Gasteiger charge is -2.37. The van der Waals surface area contributed by atoms with Crippen LogP contribution in [0.2, 0.25) is 0 Å². The number of imide groups is 1. The van der Waals surface area contributed by atoms with Crippen LogP contribution in [-0.2, 0) is 54.3 Å². The van der Waals surface area contributed by atoms with Gasteiger partial charge in [-0.1, -0.05) is 77.5 Å². The van der Waals surface area contributed by atoms with Crippen molar-refractivity contribution < 1.29 is 82.5 Å². The molecule has 5 rings (SSSR count). The normalized spacial score (nSPS) is 25.2. The maximum absolute atomic E-state index is 13.7. The first-order valence-electron chi connectivity index (χ1n) is 30.2. The molecule has 0 aromatic heterocycles. The predicted molar refractivity (Wildman–Crippen MR) is 319 cm³/mol. The van der Waals surface area contributed by atoms with Gasteiger partial charge in [-0.15, -0.1) is 0 Å². The number of hydrogen-bond acceptors (Lipinski definition) is 17. The summed E-state index contributed by atoms with van der Waals surface area (Å²) in [7, 11) is 0. The quantitative estimate of drug-likeness (QED) is 0.0114. The number of piperazine rings is 1. The molecule has 12 atom stereocenters. The molecule has 4 heterocycles. The van der Waals surface area contributed by atoms with Gasteiger partial charge in [-0.3, -0.25) is 33.7 Å². The van der Waals surface area contributed by atoms with E-state index in [2.05, 4.69) is 21.3 Å². The summed E-state index contributed by atoms with van der Waals surface area (Å²) in [6, 6.07) is 3.63. The minimum atomic E-state index is -1.67. The highest BCUT2D eigenvalue weighted by Gasteiger charge is 2.47. The van der Waals surface area contributed by atoms with Crippen molar-refractivity contribution in [3.63, 3.8) is 0 Å². The fraction of sp³-hybridized carbons (Fsp3) is 0.629. The SMILES string of the molecule is CC[C@H](O)[C@@H](C)[C@H]1O[C@@H]1CC(C)(O)/C=C/C=C(\C)[C@H]1OC(=O)C[C@H](O)CC[C@@](C)(O)[C@@H](OC(=O)N2CCN(C(=O)OCc3ccc(NC(=O)[C@H](CCCNC(N)=O)NC(=O)[C@@H](NC(=O)CCCCCN4C(=O)C=CC4=O)C(C)C)cc3)CC2)/C=C/[C@@H]1C. The zero-order valence-electron chi connectivity index (χ0n) is 51.4. The van der Waals surface area contributed by atoms with E-state index in [1.165, 1.54) is 28.9 Å². The Morgan fingerprint density at radius 3 is 2.21 bits per heavy atom. The molecule has 9 amide bonds. The Labute approximate surface area is 509 Å². The van der Waals surface area contributed by atoms with E-state index in [1.54, 1.807) is 89.3 Å². The second-order valence-corrected chi connectivity index (χ2v) is 24.0. The second-order valence-electron chi connectivity index (χ2n) is 24.0. The molecule has 482 valence electrons. The molecule has 25 nitrogen and oxygen atoms in total. The molecule has 10 N–H and O–H groups in total. The van der Waals surface area contributed by atoms with E-state index >= 15 is 0 Å².